The van der Waals surface area contributed by atoms with Crippen molar-refractivity contribution in [3.8, 4) is 0 Å². The summed E-state index contributed by atoms with van der Waals surface area (Å²) < 4.78 is 45.0. The zero-order valence-corrected chi connectivity index (χ0v) is 16.8. The van der Waals surface area contributed by atoms with Crippen molar-refractivity contribution in [3.63, 3.8) is 0 Å². The van der Waals surface area contributed by atoms with Gasteiger partial charge >= 0.3 is 12.3 Å². The van der Waals surface area contributed by atoms with E-state index in [4.69, 9.17) is 4.74 Å². The fourth-order valence-electron chi connectivity index (χ4n) is 3.35. The Morgan fingerprint density at radius 1 is 1.17 bits per heavy atom. The van der Waals surface area contributed by atoms with Gasteiger partial charge in [0, 0.05) is 13.1 Å². The van der Waals surface area contributed by atoms with Crippen molar-refractivity contribution in [1.29, 1.82) is 0 Å². The first-order valence-electron chi connectivity index (χ1n) is 9.64. The Labute approximate surface area is 168 Å². The normalized spacial score (nSPS) is 20.2. The molecule has 0 unspecified atom stereocenters. The average Bonchev–Trinajstić information content (AvgIpc) is 3.39. The Kier molecular flexibility index (Phi) is 5.69. The summed E-state index contributed by atoms with van der Waals surface area (Å²) in [6.45, 7) is 4.30. The third-order valence-electron chi connectivity index (χ3n) is 4.68. The molecule has 2 amide bonds. The van der Waals surface area contributed by atoms with Crippen molar-refractivity contribution in [2.24, 2.45) is 5.92 Å². The molecular formula is C20H26F3N3O3. The van der Waals surface area contributed by atoms with Crippen LogP contribution >= 0.6 is 0 Å². The van der Waals surface area contributed by atoms with Crippen molar-refractivity contribution >= 4 is 23.4 Å². The van der Waals surface area contributed by atoms with Gasteiger partial charge in [-0.3, -0.25) is 9.69 Å². The highest BCUT2D eigenvalue weighted by molar-refractivity contribution is 6.03. The molecule has 9 heteroatoms. The number of para-hydroxylation sites is 2. The SMILES string of the molecule is CC(C)(C)OC(=O)N[C@@H]1CN(CC2CC2)c2ccccc2N(CC(F)(F)F)C1=O. The zero-order chi connectivity index (χ0) is 21.4. The first-order chi connectivity index (χ1) is 13.4. The number of fused-ring (bicyclic) bond motifs is 1. The Bertz CT molecular complexity index is 772. The van der Waals surface area contributed by atoms with Gasteiger partial charge in [-0.05, 0) is 51.7 Å². The van der Waals surface area contributed by atoms with Gasteiger partial charge in [-0.15, -0.1) is 0 Å². The van der Waals surface area contributed by atoms with Crippen molar-refractivity contribution in [2.75, 3.05) is 29.4 Å². The van der Waals surface area contributed by atoms with E-state index in [0.29, 0.717) is 23.0 Å². The van der Waals surface area contributed by atoms with Gasteiger partial charge in [-0.25, -0.2) is 4.79 Å². The minimum atomic E-state index is -4.58. The third kappa shape index (κ3) is 5.77. The lowest BCUT2D eigenvalue weighted by Gasteiger charge is -2.27. The van der Waals surface area contributed by atoms with E-state index in [9.17, 15) is 22.8 Å². The fourth-order valence-corrected chi connectivity index (χ4v) is 3.35. The minimum absolute atomic E-state index is 0.0833. The number of carbonyl (C=O) groups excluding carboxylic acids is 2. The highest BCUT2D eigenvalue weighted by atomic mass is 19.4. The molecule has 6 nitrogen and oxygen atoms in total. The summed E-state index contributed by atoms with van der Waals surface area (Å²) in [4.78, 5) is 27.9. The van der Waals surface area contributed by atoms with Gasteiger partial charge in [0.1, 0.15) is 18.2 Å². The zero-order valence-electron chi connectivity index (χ0n) is 16.8. The van der Waals surface area contributed by atoms with E-state index in [1.54, 1.807) is 39.0 Å². The molecule has 1 fully saturated rings. The predicted octanol–water partition coefficient (Wildman–Crippen LogP) is 3.71. The monoisotopic (exact) mass is 413 g/mol. The number of nitrogens with zero attached hydrogens (tertiary/aromatic N) is 2. The van der Waals surface area contributed by atoms with E-state index in [2.05, 4.69) is 5.32 Å². The number of amides is 2. The molecule has 1 saturated carbocycles. The van der Waals surface area contributed by atoms with Crippen LogP contribution in [0.3, 0.4) is 0 Å². The molecule has 160 valence electrons. The molecule has 1 aliphatic carbocycles. The highest BCUT2D eigenvalue weighted by Gasteiger charge is 2.41. The van der Waals surface area contributed by atoms with Crippen LogP contribution in [0.15, 0.2) is 24.3 Å². The van der Waals surface area contributed by atoms with Gasteiger partial charge in [0.05, 0.1) is 11.4 Å². The van der Waals surface area contributed by atoms with Crippen LogP contribution in [0.25, 0.3) is 0 Å². The predicted molar refractivity (Wildman–Crippen MR) is 103 cm³/mol. The van der Waals surface area contributed by atoms with E-state index in [0.717, 1.165) is 12.8 Å². The van der Waals surface area contributed by atoms with E-state index < -0.39 is 36.4 Å². The van der Waals surface area contributed by atoms with Crippen molar-refractivity contribution in [2.45, 2.75) is 51.4 Å². The van der Waals surface area contributed by atoms with Gasteiger partial charge in [0.2, 0.25) is 0 Å². The number of nitrogens with one attached hydrogen (secondary N) is 1. The molecule has 0 bridgehead atoms. The average molecular weight is 413 g/mol. The molecule has 0 saturated heterocycles. The number of hydrogen-bond acceptors (Lipinski definition) is 4. The maximum atomic E-state index is 13.2. The van der Waals surface area contributed by atoms with Gasteiger partial charge in [-0.1, -0.05) is 12.1 Å². The van der Waals surface area contributed by atoms with Crippen molar-refractivity contribution in [3.05, 3.63) is 24.3 Å². The minimum Gasteiger partial charge on any atom is -0.444 e. The summed E-state index contributed by atoms with van der Waals surface area (Å²) in [7, 11) is 0. The van der Waals surface area contributed by atoms with E-state index >= 15 is 0 Å². The molecule has 1 aliphatic heterocycles. The second-order valence-corrected chi connectivity index (χ2v) is 8.58. The van der Waals surface area contributed by atoms with Gasteiger partial charge in [0.15, 0.2) is 0 Å². The summed E-state index contributed by atoms with van der Waals surface area (Å²) >= 11 is 0. The Morgan fingerprint density at radius 2 is 1.79 bits per heavy atom. The second-order valence-electron chi connectivity index (χ2n) is 8.58. The molecule has 1 heterocycles. The van der Waals surface area contributed by atoms with Crippen LogP contribution in [-0.2, 0) is 9.53 Å². The molecule has 3 rings (SSSR count). The number of rotatable bonds is 4. The van der Waals surface area contributed by atoms with E-state index in [-0.39, 0.29) is 12.2 Å². The summed E-state index contributed by atoms with van der Waals surface area (Å²) in [6.07, 6.45) is -3.32. The molecule has 0 aromatic heterocycles. The molecule has 0 radical (unpaired) electrons. The lowest BCUT2D eigenvalue weighted by atomic mass is 10.2. The maximum Gasteiger partial charge on any atom is 0.408 e. The lowest BCUT2D eigenvalue weighted by Crippen LogP contribution is -2.54. The number of alkyl halides is 3. The topological polar surface area (TPSA) is 61.9 Å². The number of anilines is 2. The van der Waals surface area contributed by atoms with E-state index in [1.165, 1.54) is 6.07 Å². The number of ether oxygens (including phenoxy) is 1. The smallest absolute Gasteiger partial charge is 0.408 e. The summed E-state index contributed by atoms with van der Waals surface area (Å²) in [6, 6.07) is 5.40. The number of carbonyl (C=O) groups is 2. The molecule has 29 heavy (non-hydrogen) atoms. The van der Waals surface area contributed by atoms with E-state index in [1.807, 2.05) is 4.90 Å². The number of hydrogen-bond donors (Lipinski definition) is 1. The molecule has 2 aliphatic rings. The van der Waals surface area contributed by atoms with Gasteiger partial charge in [-0.2, -0.15) is 13.2 Å². The largest absolute Gasteiger partial charge is 0.444 e. The number of halogens is 3. The molecule has 1 aromatic carbocycles. The molecule has 0 spiro atoms. The fraction of sp³-hybridized carbons (Fsp3) is 0.600. The molecular weight excluding hydrogens is 387 g/mol. The molecule has 1 aromatic rings. The van der Waals surface area contributed by atoms with Crippen molar-refractivity contribution < 1.29 is 27.5 Å². The first kappa shape index (κ1) is 21.3. The maximum absolute atomic E-state index is 13.2. The molecule has 1 atom stereocenters. The number of benzene rings is 1. The van der Waals surface area contributed by atoms with Crippen LogP contribution in [0.1, 0.15) is 33.6 Å². The molecule has 1 N–H and O–H groups in total. The van der Waals surface area contributed by atoms with Crippen LogP contribution in [0.5, 0.6) is 0 Å². The Morgan fingerprint density at radius 3 is 2.34 bits per heavy atom. The quantitative estimate of drug-likeness (QED) is 0.818. The van der Waals surface area contributed by atoms with Gasteiger partial charge in [0.25, 0.3) is 5.91 Å². The summed E-state index contributed by atoms with van der Waals surface area (Å²) in [5.41, 5.74) is -0.0327. The standard InChI is InChI=1S/C20H26F3N3O3/c1-19(2,3)29-18(28)24-14-11-25(10-13-8-9-13)15-6-4-5-7-16(15)26(17(14)27)12-20(21,22)23/h4-7,13-14H,8-12H2,1-3H3,(H,24,28)/t14-/m1/s1. The van der Waals surface area contributed by atoms with Crippen LogP contribution < -0.4 is 15.1 Å². The third-order valence-corrected chi connectivity index (χ3v) is 4.68. The number of alkyl carbamates (subject to hydrolysis) is 1. The lowest BCUT2D eigenvalue weighted by molar-refractivity contribution is -0.133. The van der Waals surface area contributed by atoms with Crippen molar-refractivity contribution in [1.82, 2.24) is 5.32 Å². The van der Waals surface area contributed by atoms with Crippen LogP contribution in [0.2, 0.25) is 0 Å². The Hall–Kier alpha value is -2.45. The highest BCUT2D eigenvalue weighted by Crippen LogP contribution is 2.38. The van der Waals surface area contributed by atoms with Gasteiger partial charge < -0.3 is 15.0 Å². The van der Waals surface area contributed by atoms with Crippen LogP contribution in [0, 0.1) is 5.92 Å². The van der Waals surface area contributed by atoms with Crippen LogP contribution in [0.4, 0.5) is 29.3 Å². The second kappa shape index (κ2) is 7.76. The summed E-state index contributed by atoms with van der Waals surface area (Å²) in [5.74, 6) is -0.367. The Balaban J connectivity index is 1.93. The summed E-state index contributed by atoms with van der Waals surface area (Å²) in [5, 5.41) is 2.48. The first-order valence-corrected chi connectivity index (χ1v) is 9.64. The van der Waals surface area contributed by atoms with Crippen LogP contribution in [-0.4, -0.2) is 49.5 Å².